The third-order valence-corrected chi connectivity index (χ3v) is 11.1. The van der Waals surface area contributed by atoms with Crippen molar-refractivity contribution >= 4 is 49.9 Å². The number of carbonyl (C=O) groups is 3. The molecule has 1 N–H and O–H groups in total. The fraction of sp³-hybridized carbons (Fsp3) is 0.333. The Kier molecular flexibility index (Phi) is 10.5. The van der Waals surface area contributed by atoms with Crippen LogP contribution in [0.5, 0.6) is 11.5 Å². The molecule has 0 aliphatic carbocycles. The number of ether oxygens (including phenoxy) is 3. The van der Waals surface area contributed by atoms with Gasteiger partial charge >= 0.3 is 11.9 Å². The van der Waals surface area contributed by atoms with Gasteiger partial charge in [-0.15, -0.1) is 0 Å². The van der Waals surface area contributed by atoms with E-state index >= 15 is 0 Å². The van der Waals surface area contributed by atoms with Crippen LogP contribution in [0.15, 0.2) is 66.6 Å². The second kappa shape index (κ2) is 13.5. The summed E-state index contributed by atoms with van der Waals surface area (Å²) in [5, 5.41) is 5.25. The summed E-state index contributed by atoms with van der Waals surface area (Å²) in [6, 6.07) is 17.3. The van der Waals surface area contributed by atoms with Gasteiger partial charge in [-0.05, 0) is 25.0 Å². The number of hydrogen-bond donors (Lipinski definition) is 1. The van der Waals surface area contributed by atoms with Crippen molar-refractivity contribution in [3.63, 3.8) is 0 Å². The third-order valence-electron chi connectivity index (χ3n) is 6.94. The number of nitrogens with zero attached hydrogens (tertiary/aromatic N) is 1. The summed E-state index contributed by atoms with van der Waals surface area (Å²) in [5.41, 5.74) is 2.46. The monoisotopic (exact) mass is 618 g/mol. The largest absolute Gasteiger partial charge is 0.493 e. The minimum Gasteiger partial charge on any atom is -0.493 e. The van der Waals surface area contributed by atoms with Crippen LogP contribution in [0.4, 0.5) is 0 Å². The van der Waals surface area contributed by atoms with E-state index in [4.69, 9.17) is 14.2 Å². The van der Waals surface area contributed by atoms with Crippen molar-refractivity contribution in [3.05, 3.63) is 83.4 Å². The first-order valence-corrected chi connectivity index (χ1v) is 21.2. The van der Waals surface area contributed by atoms with Gasteiger partial charge in [0, 0.05) is 24.8 Å². The molecule has 1 amide bonds. The molecule has 8 nitrogen and oxygen atoms in total. The molecule has 43 heavy (non-hydrogen) atoms. The number of aromatic nitrogens is 1. The maximum Gasteiger partial charge on any atom is 0.333 e. The lowest BCUT2D eigenvalue weighted by atomic mass is 9.97. The number of benzene rings is 2. The molecule has 10 heteroatoms. The molecule has 0 unspecified atom stereocenters. The molecular weight excluding hydrogens is 577 g/mol. The summed E-state index contributed by atoms with van der Waals surface area (Å²) in [4.78, 5) is 42.0. The minimum absolute atomic E-state index is 0.127. The van der Waals surface area contributed by atoms with Crippen molar-refractivity contribution in [3.8, 4) is 11.5 Å². The Morgan fingerprint density at radius 1 is 0.791 bits per heavy atom. The summed E-state index contributed by atoms with van der Waals surface area (Å²) < 4.78 is 16.3. The number of methoxy groups -OCH3 is 1. The minimum atomic E-state index is -1.51. The maximum atomic E-state index is 13.3. The summed E-state index contributed by atoms with van der Waals surface area (Å²) in [7, 11) is -1.63. The highest BCUT2D eigenvalue weighted by Gasteiger charge is 2.26. The number of nitrogens with one attached hydrogen (secondary N) is 1. The zero-order valence-corrected chi connectivity index (χ0v) is 28.7. The summed E-state index contributed by atoms with van der Waals surface area (Å²) in [6.45, 7) is 18.3. The average Bonchev–Trinajstić information content (AvgIpc) is 2.92. The van der Waals surface area contributed by atoms with Gasteiger partial charge < -0.3 is 19.5 Å². The number of hydrogen-bond acceptors (Lipinski definition) is 7. The number of pyridine rings is 1. The van der Waals surface area contributed by atoms with Crippen molar-refractivity contribution in [1.29, 1.82) is 0 Å². The molecule has 3 rings (SSSR count). The number of rotatable bonds is 10. The molecule has 0 bridgehead atoms. The zero-order chi connectivity index (χ0) is 32.1. The average molecular weight is 619 g/mol. The Hall–Kier alpha value is -4.03. The van der Waals surface area contributed by atoms with Gasteiger partial charge in [-0.3, -0.25) is 9.59 Å². The second-order valence-electron chi connectivity index (χ2n) is 12.5. The van der Waals surface area contributed by atoms with Crippen LogP contribution >= 0.6 is 0 Å². The standard InChI is InChI=1S/C33H42N2O6Si2/c1-21(35-32(37)30-31(41-23(3)36)28(39-4)19-20-34-30)33(38)40-22(2)29(24-11-15-26(16-12-24)42(5,6)7)25-13-17-27(18-14-25)43(8,9)10/h11-21H,1-10H3,(H,35,37)/t21-/m0/s1. The first kappa shape index (κ1) is 33.5. The molecule has 2 aromatic carbocycles. The molecule has 1 atom stereocenters. The second-order valence-corrected chi connectivity index (χ2v) is 22.6. The fourth-order valence-corrected chi connectivity index (χ4v) is 6.79. The van der Waals surface area contributed by atoms with Gasteiger partial charge in [-0.1, -0.05) is 98.2 Å². The van der Waals surface area contributed by atoms with E-state index in [0.717, 1.165) is 16.7 Å². The van der Waals surface area contributed by atoms with Crippen LogP contribution in [0, 0.1) is 0 Å². The van der Waals surface area contributed by atoms with Crippen molar-refractivity contribution in [2.24, 2.45) is 0 Å². The highest BCUT2D eigenvalue weighted by molar-refractivity contribution is 6.89. The van der Waals surface area contributed by atoms with E-state index in [1.165, 1.54) is 43.6 Å². The van der Waals surface area contributed by atoms with E-state index in [9.17, 15) is 14.4 Å². The topological polar surface area (TPSA) is 104 Å². The molecule has 228 valence electrons. The molecule has 0 saturated carbocycles. The first-order chi connectivity index (χ1) is 20.0. The lowest BCUT2D eigenvalue weighted by Crippen LogP contribution is -2.40. The van der Waals surface area contributed by atoms with E-state index in [0.29, 0.717) is 5.76 Å². The van der Waals surface area contributed by atoms with E-state index in [1.54, 1.807) is 6.92 Å². The Labute approximate surface area is 256 Å². The van der Waals surface area contributed by atoms with Crippen molar-refractivity contribution in [2.45, 2.75) is 66.1 Å². The molecule has 1 heterocycles. The van der Waals surface area contributed by atoms with Gasteiger partial charge in [0.2, 0.25) is 5.75 Å². The van der Waals surface area contributed by atoms with E-state index in [-0.39, 0.29) is 17.2 Å². The van der Waals surface area contributed by atoms with Crippen molar-refractivity contribution in [1.82, 2.24) is 10.3 Å². The first-order valence-electron chi connectivity index (χ1n) is 14.2. The van der Waals surface area contributed by atoms with Gasteiger partial charge in [0.05, 0.1) is 23.3 Å². The summed E-state index contributed by atoms with van der Waals surface area (Å²) in [6.07, 6.45) is 1.35. The van der Waals surface area contributed by atoms with Gasteiger partial charge in [0.1, 0.15) is 11.8 Å². The Morgan fingerprint density at radius 3 is 1.70 bits per heavy atom. The molecule has 1 aromatic heterocycles. The molecule has 0 saturated heterocycles. The molecule has 0 aliphatic heterocycles. The van der Waals surface area contributed by atoms with Crippen LogP contribution in [-0.4, -0.2) is 52.1 Å². The van der Waals surface area contributed by atoms with Crippen LogP contribution in [0.1, 0.15) is 42.4 Å². The smallest absolute Gasteiger partial charge is 0.333 e. The highest BCUT2D eigenvalue weighted by atomic mass is 28.3. The molecule has 3 aromatic rings. The predicted molar refractivity (Wildman–Crippen MR) is 176 cm³/mol. The van der Waals surface area contributed by atoms with Crippen LogP contribution in [0.3, 0.4) is 0 Å². The van der Waals surface area contributed by atoms with Crippen molar-refractivity contribution in [2.75, 3.05) is 7.11 Å². The molecule has 0 aliphatic rings. The maximum absolute atomic E-state index is 13.3. The van der Waals surface area contributed by atoms with Gasteiger partial charge in [-0.2, -0.15) is 0 Å². The number of carbonyl (C=O) groups excluding carboxylic acids is 3. The van der Waals surface area contributed by atoms with E-state index < -0.39 is 40.0 Å². The van der Waals surface area contributed by atoms with Crippen LogP contribution in [0.2, 0.25) is 39.3 Å². The van der Waals surface area contributed by atoms with Crippen LogP contribution in [0.25, 0.3) is 5.57 Å². The Balaban J connectivity index is 1.94. The van der Waals surface area contributed by atoms with Crippen molar-refractivity contribution < 1.29 is 28.6 Å². The Morgan fingerprint density at radius 2 is 1.28 bits per heavy atom. The highest BCUT2D eigenvalue weighted by Crippen LogP contribution is 2.30. The van der Waals surface area contributed by atoms with Crippen LogP contribution < -0.4 is 25.2 Å². The van der Waals surface area contributed by atoms with Crippen LogP contribution in [-0.2, 0) is 14.3 Å². The third kappa shape index (κ3) is 8.51. The SMILES string of the molecule is COc1ccnc(C(=O)N[C@@H](C)C(=O)OC(C)=C(c2ccc([Si](C)(C)C)cc2)c2ccc([Si](C)(C)C)cc2)c1OC(C)=O. The van der Waals surface area contributed by atoms with E-state index in [1.807, 2.05) is 0 Å². The molecule has 0 radical (unpaired) electrons. The normalized spacial score (nSPS) is 12.1. The summed E-state index contributed by atoms with van der Waals surface area (Å²) >= 11 is 0. The molecular formula is C33H42N2O6Si2. The lowest BCUT2D eigenvalue weighted by molar-refractivity contribution is -0.141. The number of esters is 2. The zero-order valence-electron chi connectivity index (χ0n) is 26.7. The number of allylic oxidation sites excluding steroid dienone is 1. The van der Waals surface area contributed by atoms with Gasteiger partial charge in [-0.25, -0.2) is 9.78 Å². The van der Waals surface area contributed by atoms with Gasteiger partial charge in [0.25, 0.3) is 5.91 Å². The predicted octanol–water partition coefficient (Wildman–Crippen LogP) is 5.25. The lowest BCUT2D eigenvalue weighted by Gasteiger charge is -2.21. The quantitative estimate of drug-likeness (QED) is 0.188. The Bertz CT molecular complexity index is 1460. The van der Waals surface area contributed by atoms with E-state index in [2.05, 4.69) is 98.1 Å². The fourth-order valence-electron chi connectivity index (χ4n) is 4.46. The molecule has 0 fully saturated rings. The number of amides is 1. The van der Waals surface area contributed by atoms with Gasteiger partial charge in [0.15, 0.2) is 11.4 Å². The molecule has 0 spiro atoms. The summed E-state index contributed by atoms with van der Waals surface area (Å²) in [5.74, 6) is -1.57.